The van der Waals surface area contributed by atoms with Gasteiger partial charge in [0.25, 0.3) is 0 Å². The van der Waals surface area contributed by atoms with Gasteiger partial charge in [0.15, 0.2) is 5.71 Å². The monoisotopic (exact) mass is 233 g/mol. The fourth-order valence-electron chi connectivity index (χ4n) is 1.01. The standard InChI is InChI=1S/C11H11N3O3/c12-11(17)14-13-9(10(15)16)7-6-8-4-2-1-3-5-8/h1-7H,(H,15,16)(H3,12,14,17)/b7-6+,13-9-. The summed E-state index contributed by atoms with van der Waals surface area (Å²) < 4.78 is 0. The van der Waals surface area contributed by atoms with Gasteiger partial charge in [0.2, 0.25) is 0 Å². The van der Waals surface area contributed by atoms with Crippen LogP contribution in [0.25, 0.3) is 6.08 Å². The SMILES string of the molecule is NC(=O)N/N=C(/C=C/c1ccccc1)C(=O)O. The van der Waals surface area contributed by atoms with Crippen molar-refractivity contribution in [2.75, 3.05) is 0 Å². The largest absolute Gasteiger partial charge is 0.476 e. The van der Waals surface area contributed by atoms with Crippen LogP contribution in [-0.4, -0.2) is 22.8 Å². The predicted octanol–water partition coefficient (Wildman–Crippen LogP) is 0.809. The van der Waals surface area contributed by atoms with Gasteiger partial charge in [-0.25, -0.2) is 15.0 Å². The van der Waals surface area contributed by atoms with E-state index in [2.05, 4.69) is 5.10 Å². The number of carboxylic acid groups (broad SMARTS) is 1. The van der Waals surface area contributed by atoms with E-state index in [0.717, 1.165) is 5.56 Å². The van der Waals surface area contributed by atoms with Crippen LogP contribution >= 0.6 is 0 Å². The minimum absolute atomic E-state index is 0.312. The summed E-state index contributed by atoms with van der Waals surface area (Å²) >= 11 is 0. The number of primary amides is 1. The normalized spacial score (nSPS) is 11.4. The molecular weight excluding hydrogens is 222 g/mol. The molecule has 0 aromatic heterocycles. The van der Waals surface area contributed by atoms with Gasteiger partial charge >= 0.3 is 12.0 Å². The highest BCUT2D eigenvalue weighted by atomic mass is 16.4. The van der Waals surface area contributed by atoms with Crippen molar-refractivity contribution in [1.29, 1.82) is 0 Å². The Morgan fingerprint density at radius 1 is 1.29 bits per heavy atom. The second-order valence-electron chi connectivity index (χ2n) is 3.02. The highest BCUT2D eigenvalue weighted by molar-refractivity contribution is 6.41. The summed E-state index contributed by atoms with van der Waals surface area (Å²) in [4.78, 5) is 21.1. The van der Waals surface area contributed by atoms with Crippen molar-refractivity contribution in [2.45, 2.75) is 0 Å². The molecule has 0 bridgehead atoms. The van der Waals surface area contributed by atoms with Gasteiger partial charge in [0.1, 0.15) is 0 Å². The quantitative estimate of drug-likeness (QED) is 0.529. The van der Waals surface area contributed by atoms with Crippen LogP contribution in [0, 0.1) is 0 Å². The van der Waals surface area contributed by atoms with Gasteiger partial charge in [-0.15, -0.1) is 0 Å². The third-order valence-electron chi connectivity index (χ3n) is 1.74. The third kappa shape index (κ3) is 4.61. The van der Waals surface area contributed by atoms with Gasteiger partial charge in [0, 0.05) is 0 Å². The molecule has 0 aliphatic heterocycles. The van der Waals surface area contributed by atoms with Crippen LogP contribution in [0.2, 0.25) is 0 Å². The Hall–Kier alpha value is -2.63. The fourth-order valence-corrected chi connectivity index (χ4v) is 1.01. The van der Waals surface area contributed by atoms with E-state index in [0.29, 0.717) is 0 Å². The van der Waals surface area contributed by atoms with Crippen molar-refractivity contribution in [3.63, 3.8) is 0 Å². The van der Waals surface area contributed by atoms with Crippen LogP contribution in [0.1, 0.15) is 5.56 Å². The first-order chi connectivity index (χ1) is 8.09. The maximum absolute atomic E-state index is 10.8. The third-order valence-corrected chi connectivity index (χ3v) is 1.74. The molecule has 0 unspecified atom stereocenters. The van der Waals surface area contributed by atoms with E-state index in [4.69, 9.17) is 10.8 Å². The number of carboxylic acids is 1. The Labute approximate surface area is 97.4 Å². The van der Waals surface area contributed by atoms with Crippen molar-refractivity contribution >= 4 is 23.8 Å². The lowest BCUT2D eigenvalue weighted by Crippen LogP contribution is -2.27. The van der Waals surface area contributed by atoms with Crippen molar-refractivity contribution in [3.05, 3.63) is 42.0 Å². The number of nitrogens with zero attached hydrogens (tertiary/aromatic N) is 1. The molecule has 0 saturated carbocycles. The summed E-state index contributed by atoms with van der Waals surface area (Å²) in [5.74, 6) is -1.26. The van der Waals surface area contributed by atoms with Gasteiger partial charge in [0.05, 0.1) is 0 Å². The molecule has 0 aliphatic rings. The summed E-state index contributed by atoms with van der Waals surface area (Å²) in [6.07, 6.45) is 2.84. The van der Waals surface area contributed by atoms with E-state index in [-0.39, 0.29) is 5.71 Å². The van der Waals surface area contributed by atoms with Crippen LogP contribution in [-0.2, 0) is 4.79 Å². The van der Waals surface area contributed by atoms with Crippen molar-refractivity contribution < 1.29 is 14.7 Å². The molecule has 0 spiro atoms. The number of aliphatic carboxylic acids is 1. The van der Waals surface area contributed by atoms with Crippen LogP contribution in [0.5, 0.6) is 0 Å². The van der Waals surface area contributed by atoms with Gasteiger partial charge in [-0.05, 0) is 11.6 Å². The maximum Gasteiger partial charge on any atom is 0.356 e. The molecule has 0 fully saturated rings. The summed E-state index contributed by atoms with van der Waals surface area (Å²) in [6, 6.07) is 8.17. The molecular formula is C11H11N3O3. The second kappa shape index (κ2) is 6.06. The van der Waals surface area contributed by atoms with E-state index in [1.807, 2.05) is 23.6 Å². The summed E-state index contributed by atoms with van der Waals surface area (Å²) in [5, 5.41) is 12.1. The van der Waals surface area contributed by atoms with Gasteiger partial charge in [-0.3, -0.25) is 0 Å². The number of carbonyl (C=O) groups excluding carboxylic acids is 1. The van der Waals surface area contributed by atoms with E-state index in [1.54, 1.807) is 18.2 Å². The first-order valence-corrected chi connectivity index (χ1v) is 4.69. The van der Waals surface area contributed by atoms with Crippen molar-refractivity contribution in [3.8, 4) is 0 Å². The Morgan fingerprint density at radius 3 is 2.47 bits per heavy atom. The first-order valence-electron chi connectivity index (χ1n) is 4.69. The molecule has 0 radical (unpaired) electrons. The zero-order valence-corrected chi connectivity index (χ0v) is 8.83. The number of nitrogens with two attached hydrogens (primary N) is 1. The molecule has 0 heterocycles. The Balaban J connectivity index is 2.81. The average molecular weight is 233 g/mol. The predicted molar refractivity (Wildman–Crippen MR) is 63.3 cm³/mol. The number of hydrazone groups is 1. The topological polar surface area (TPSA) is 105 Å². The Kier molecular flexibility index (Phi) is 4.44. The smallest absolute Gasteiger partial charge is 0.356 e. The molecule has 0 aliphatic carbocycles. The fraction of sp³-hybridized carbons (Fsp3) is 0. The molecule has 1 aromatic carbocycles. The van der Waals surface area contributed by atoms with E-state index in [9.17, 15) is 9.59 Å². The molecule has 17 heavy (non-hydrogen) atoms. The lowest BCUT2D eigenvalue weighted by atomic mass is 10.2. The van der Waals surface area contributed by atoms with E-state index in [1.165, 1.54) is 6.08 Å². The second-order valence-corrected chi connectivity index (χ2v) is 3.02. The van der Waals surface area contributed by atoms with E-state index >= 15 is 0 Å². The first kappa shape index (κ1) is 12.4. The highest BCUT2D eigenvalue weighted by Crippen LogP contribution is 2.01. The number of benzene rings is 1. The van der Waals surface area contributed by atoms with Crippen LogP contribution in [0.15, 0.2) is 41.5 Å². The zero-order chi connectivity index (χ0) is 12.7. The average Bonchev–Trinajstić information content (AvgIpc) is 2.29. The Morgan fingerprint density at radius 2 is 1.94 bits per heavy atom. The lowest BCUT2D eigenvalue weighted by Gasteiger charge is -1.96. The number of rotatable bonds is 4. The summed E-state index contributed by atoms with van der Waals surface area (Å²) in [7, 11) is 0. The minimum atomic E-state index is -1.26. The number of urea groups is 1. The van der Waals surface area contributed by atoms with Crippen molar-refractivity contribution in [1.82, 2.24) is 5.43 Å². The molecule has 88 valence electrons. The van der Waals surface area contributed by atoms with Crippen LogP contribution in [0.3, 0.4) is 0 Å². The number of amides is 2. The Bertz CT molecular complexity index is 466. The lowest BCUT2D eigenvalue weighted by molar-refractivity contribution is -0.129. The molecule has 1 aromatic rings. The molecule has 1 rings (SSSR count). The molecule has 6 heteroatoms. The minimum Gasteiger partial charge on any atom is -0.476 e. The highest BCUT2D eigenvalue weighted by Gasteiger charge is 2.05. The summed E-state index contributed by atoms with van der Waals surface area (Å²) in [6.45, 7) is 0. The molecule has 4 N–H and O–H groups in total. The van der Waals surface area contributed by atoms with E-state index < -0.39 is 12.0 Å². The van der Waals surface area contributed by atoms with Gasteiger partial charge < -0.3 is 10.8 Å². The number of hydrogen-bond donors (Lipinski definition) is 3. The number of carbonyl (C=O) groups is 2. The van der Waals surface area contributed by atoms with Crippen LogP contribution in [0.4, 0.5) is 4.79 Å². The molecule has 0 atom stereocenters. The molecule has 6 nitrogen and oxygen atoms in total. The zero-order valence-electron chi connectivity index (χ0n) is 8.83. The van der Waals surface area contributed by atoms with Gasteiger partial charge in [-0.1, -0.05) is 36.4 Å². The number of nitrogens with one attached hydrogen (secondary N) is 1. The van der Waals surface area contributed by atoms with Crippen molar-refractivity contribution in [2.24, 2.45) is 10.8 Å². The molecule has 2 amide bonds. The number of hydrogen-bond acceptors (Lipinski definition) is 3. The molecule has 0 saturated heterocycles. The maximum atomic E-state index is 10.8. The summed E-state index contributed by atoms with van der Waals surface area (Å²) in [5.41, 5.74) is 7.14. The van der Waals surface area contributed by atoms with Gasteiger partial charge in [-0.2, -0.15) is 5.10 Å². The van der Waals surface area contributed by atoms with Crippen LogP contribution < -0.4 is 11.2 Å².